The maximum Gasteiger partial charge on any atom is 0.190 e. The van der Waals surface area contributed by atoms with Crippen molar-refractivity contribution in [2.24, 2.45) is 5.73 Å². The number of ether oxygens (including phenoxy) is 1. The molecule has 3 N–H and O–H groups in total. The van der Waals surface area contributed by atoms with Crippen molar-refractivity contribution in [2.75, 3.05) is 0 Å². The van der Waals surface area contributed by atoms with Crippen LogP contribution < -0.4 is 10.5 Å². The Labute approximate surface area is 144 Å². The molecule has 3 aromatic rings. The van der Waals surface area contributed by atoms with Gasteiger partial charge in [-0.3, -0.25) is 5.21 Å². The Hall–Kier alpha value is -2.90. The summed E-state index contributed by atoms with van der Waals surface area (Å²) in [5, 5.41) is 10.3. The minimum Gasteiger partial charge on any atom is -0.457 e. The van der Waals surface area contributed by atoms with Crippen LogP contribution in [0.4, 0.5) is 0 Å². The van der Waals surface area contributed by atoms with Gasteiger partial charge in [-0.15, -0.1) is 0 Å². The molecule has 7 heteroatoms. The van der Waals surface area contributed by atoms with E-state index in [9.17, 15) is 5.21 Å². The van der Waals surface area contributed by atoms with Crippen LogP contribution in [0.25, 0.3) is 5.69 Å². The zero-order valence-corrected chi connectivity index (χ0v) is 13.6. The molecule has 0 aliphatic heterocycles. The van der Waals surface area contributed by atoms with Crippen molar-refractivity contribution >= 4 is 17.3 Å². The lowest BCUT2D eigenvalue weighted by Gasteiger charge is -2.14. The third kappa shape index (κ3) is 3.89. The molecule has 0 bridgehead atoms. The molecule has 2 aromatic carbocycles. The molecule has 6 nitrogen and oxygen atoms in total. The van der Waals surface area contributed by atoms with Crippen molar-refractivity contribution in [3.8, 4) is 17.2 Å². The summed E-state index contributed by atoms with van der Waals surface area (Å²) in [5.74, 6) is 1.44. The predicted octanol–water partition coefficient (Wildman–Crippen LogP) is 3.10. The normalized spacial score (nSPS) is 10.4. The zero-order valence-electron chi connectivity index (χ0n) is 12.7. The molecule has 0 atom stereocenters. The van der Waals surface area contributed by atoms with Gasteiger partial charge in [-0.25, -0.2) is 10.0 Å². The van der Waals surface area contributed by atoms with E-state index in [2.05, 4.69) is 4.98 Å². The summed E-state index contributed by atoms with van der Waals surface area (Å²) in [5.41, 5.74) is 7.22. The van der Waals surface area contributed by atoms with Gasteiger partial charge >= 0.3 is 0 Å². The standard InChI is InChI=1S/C17H16N4O2S/c18-17(24)21(22)11-13-1-5-15(6-2-13)23-16-7-3-14(4-8-16)20-10-9-19-12-20/h1-10,12,22H,11H2,(H2,18,24). The first-order chi connectivity index (χ1) is 11.6. The van der Waals surface area contributed by atoms with Crippen LogP contribution in [0.1, 0.15) is 5.56 Å². The second-order valence-electron chi connectivity index (χ2n) is 5.11. The van der Waals surface area contributed by atoms with E-state index >= 15 is 0 Å². The third-order valence-corrected chi connectivity index (χ3v) is 3.60. The van der Waals surface area contributed by atoms with Crippen LogP contribution in [0.15, 0.2) is 67.3 Å². The van der Waals surface area contributed by atoms with Crippen molar-refractivity contribution in [1.82, 2.24) is 14.6 Å². The van der Waals surface area contributed by atoms with E-state index < -0.39 is 0 Å². The van der Waals surface area contributed by atoms with E-state index in [0.717, 1.165) is 22.1 Å². The largest absolute Gasteiger partial charge is 0.457 e. The van der Waals surface area contributed by atoms with Gasteiger partial charge in [0.05, 0.1) is 12.9 Å². The van der Waals surface area contributed by atoms with Crippen LogP contribution in [0.5, 0.6) is 11.5 Å². The number of nitrogens with zero attached hydrogens (tertiary/aromatic N) is 3. The van der Waals surface area contributed by atoms with E-state index in [-0.39, 0.29) is 11.7 Å². The molecule has 24 heavy (non-hydrogen) atoms. The molecule has 3 rings (SSSR count). The third-order valence-electron chi connectivity index (χ3n) is 3.39. The number of aromatic nitrogens is 2. The van der Waals surface area contributed by atoms with Gasteiger partial charge in [-0.2, -0.15) is 0 Å². The molecule has 0 aliphatic carbocycles. The Balaban J connectivity index is 1.64. The van der Waals surface area contributed by atoms with Gasteiger partial charge in [0.15, 0.2) is 5.11 Å². The van der Waals surface area contributed by atoms with E-state index in [1.165, 1.54) is 0 Å². The zero-order chi connectivity index (χ0) is 16.9. The van der Waals surface area contributed by atoms with Crippen molar-refractivity contribution in [3.05, 3.63) is 72.8 Å². The van der Waals surface area contributed by atoms with E-state index in [4.69, 9.17) is 22.7 Å². The Kier molecular flexibility index (Phi) is 4.74. The summed E-state index contributed by atoms with van der Waals surface area (Å²) in [7, 11) is 0. The summed E-state index contributed by atoms with van der Waals surface area (Å²) in [6.45, 7) is 0.231. The van der Waals surface area contributed by atoms with Crippen molar-refractivity contribution in [3.63, 3.8) is 0 Å². The number of nitrogens with two attached hydrogens (primary N) is 1. The Morgan fingerprint density at radius 3 is 2.29 bits per heavy atom. The highest BCUT2D eigenvalue weighted by Gasteiger charge is 2.04. The highest BCUT2D eigenvalue weighted by molar-refractivity contribution is 7.80. The fourth-order valence-corrected chi connectivity index (χ4v) is 2.21. The molecule has 0 spiro atoms. The van der Waals surface area contributed by atoms with Gasteiger partial charge in [-0.05, 0) is 54.2 Å². The molecular formula is C17H16N4O2S. The average molecular weight is 340 g/mol. The van der Waals surface area contributed by atoms with E-state index in [1.54, 1.807) is 12.5 Å². The molecule has 0 aliphatic rings. The summed E-state index contributed by atoms with van der Waals surface area (Å²) >= 11 is 4.69. The first-order valence-electron chi connectivity index (χ1n) is 7.23. The molecule has 0 saturated heterocycles. The summed E-state index contributed by atoms with van der Waals surface area (Å²) in [6, 6.07) is 15.0. The first-order valence-corrected chi connectivity index (χ1v) is 7.64. The Morgan fingerprint density at radius 1 is 1.12 bits per heavy atom. The molecule has 0 amide bonds. The summed E-state index contributed by atoms with van der Waals surface area (Å²) in [6.07, 6.45) is 5.36. The van der Waals surface area contributed by atoms with Crippen LogP contribution in [0.2, 0.25) is 0 Å². The molecule has 0 saturated carbocycles. The van der Waals surface area contributed by atoms with Gasteiger partial charge in [0, 0.05) is 18.1 Å². The Morgan fingerprint density at radius 2 is 1.75 bits per heavy atom. The predicted molar refractivity (Wildman–Crippen MR) is 94.2 cm³/mol. The van der Waals surface area contributed by atoms with Crippen molar-refractivity contribution in [1.29, 1.82) is 0 Å². The minimum absolute atomic E-state index is 0.0618. The van der Waals surface area contributed by atoms with Gasteiger partial charge < -0.3 is 15.0 Å². The molecule has 1 heterocycles. The SMILES string of the molecule is NC(=S)N(O)Cc1ccc(Oc2ccc(-n3ccnc3)cc2)cc1. The second-order valence-corrected chi connectivity index (χ2v) is 5.52. The first kappa shape index (κ1) is 16.0. The van der Waals surface area contributed by atoms with Gasteiger partial charge in [0.2, 0.25) is 0 Å². The lowest BCUT2D eigenvalue weighted by Crippen LogP contribution is -2.31. The van der Waals surface area contributed by atoms with E-state index in [0.29, 0.717) is 5.75 Å². The number of rotatable bonds is 5. The number of hydrogen-bond donors (Lipinski definition) is 2. The maximum absolute atomic E-state index is 9.52. The summed E-state index contributed by atoms with van der Waals surface area (Å²) in [4.78, 5) is 4.02. The molecule has 0 fully saturated rings. The van der Waals surface area contributed by atoms with Gasteiger partial charge in [0.1, 0.15) is 11.5 Å². The quantitative estimate of drug-likeness (QED) is 0.549. The topological polar surface area (TPSA) is 76.5 Å². The number of thiocarbonyl (C=S) groups is 1. The van der Waals surface area contributed by atoms with E-state index in [1.807, 2.05) is 59.3 Å². The number of benzene rings is 2. The van der Waals surface area contributed by atoms with Crippen LogP contribution in [-0.4, -0.2) is 24.9 Å². The van der Waals surface area contributed by atoms with Crippen LogP contribution in [0.3, 0.4) is 0 Å². The lowest BCUT2D eigenvalue weighted by atomic mass is 10.2. The number of hydrogen-bond acceptors (Lipinski definition) is 4. The summed E-state index contributed by atoms with van der Waals surface area (Å²) < 4.78 is 7.72. The van der Waals surface area contributed by atoms with Gasteiger partial charge in [-0.1, -0.05) is 12.1 Å². The smallest absolute Gasteiger partial charge is 0.190 e. The minimum atomic E-state index is -0.0618. The monoisotopic (exact) mass is 340 g/mol. The molecule has 0 unspecified atom stereocenters. The number of hydroxylamine groups is 2. The fourth-order valence-electron chi connectivity index (χ4n) is 2.15. The van der Waals surface area contributed by atoms with Crippen molar-refractivity contribution < 1.29 is 9.94 Å². The molecular weight excluding hydrogens is 324 g/mol. The molecule has 0 radical (unpaired) electrons. The highest BCUT2D eigenvalue weighted by Crippen LogP contribution is 2.23. The maximum atomic E-state index is 9.52. The molecule has 122 valence electrons. The van der Waals surface area contributed by atoms with Crippen molar-refractivity contribution in [2.45, 2.75) is 6.54 Å². The molecule has 1 aromatic heterocycles. The van der Waals surface area contributed by atoms with Crippen LogP contribution in [0, 0.1) is 0 Å². The number of imidazole rings is 1. The Bertz CT molecular complexity index is 802. The second kappa shape index (κ2) is 7.12. The van der Waals surface area contributed by atoms with Gasteiger partial charge in [0.25, 0.3) is 0 Å². The fraction of sp³-hybridized carbons (Fsp3) is 0.0588. The lowest BCUT2D eigenvalue weighted by molar-refractivity contribution is -0.0211. The van der Waals surface area contributed by atoms with Crippen LogP contribution in [-0.2, 0) is 6.54 Å². The van der Waals surface area contributed by atoms with Crippen LogP contribution >= 0.6 is 12.2 Å². The highest BCUT2D eigenvalue weighted by atomic mass is 32.1. The average Bonchev–Trinajstić information content (AvgIpc) is 3.12.